The maximum Gasteiger partial charge on any atom is 0.126 e. The Morgan fingerprint density at radius 3 is 2.80 bits per heavy atom. The lowest BCUT2D eigenvalue weighted by Crippen LogP contribution is -2.40. The summed E-state index contributed by atoms with van der Waals surface area (Å²) in [6.07, 6.45) is 2.99. The van der Waals surface area contributed by atoms with Crippen molar-refractivity contribution in [1.82, 2.24) is 4.90 Å². The molecule has 3 heteroatoms. The highest BCUT2D eigenvalue weighted by atomic mass is 19.1. The minimum atomic E-state index is -0.0421. The second kappa shape index (κ2) is 6.23. The van der Waals surface area contributed by atoms with Crippen molar-refractivity contribution in [2.24, 2.45) is 11.1 Å². The molecule has 0 heterocycles. The van der Waals surface area contributed by atoms with Crippen LogP contribution >= 0.6 is 0 Å². The zero-order valence-electron chi connectivity index (χ0n) is 13.0. The highest BCUT2D eigenvalue weighted by Crippen LogP contribution is 2.38. The van der Waals surface area contributed by atoms with Gasteiger partial charge in [0.25, 0.3) is 0 Å². The van der Waals surface area contributed by atoms with Gasteiger partial charge in [0.15, 0.2) is 0 Å². The fraction of sp³-hybridized carbons (Fsp3) is 0.647. The highest BCUT2D eigenvalue weighted by Gasteiger charge is 2.32. The molecule has 0 fully saturated rings. The first-order valence-electron chi connectivity index (χ1n) is 7.70. The van der Waals surface area contributed by atoms with Crippen LogP contribution in [0.3, 0.4) is 0 Å². The van der Waals surface area contributed by atoms with E-state index in [0.717, 1.165) is 37.9 Å². The van der Waals surface area contributed by atoms with Crippen LogP contribution in [0.1, 0.15) is 50.8 Å². The Morgan fingerprint density at radius 2 is 2.15 bits per heavy atom. The lowest BCUT2D eigenvalue weighted by atomic mass is 9.91. The average molecular weight is 278 g/mol. The molecule has 2 nitrogen and oxygen atoms in total. The maximum absolute atomic E-state index is 13.9. The van der Waals surface area contributed by atoms with Crippen LogP contribution in [0.25, 0.3) is 0 Å². The molecule has 1 aliphatic rings. The van der Waals surface area contributed by atoms with Crippen LogP contribution in [-0.2, 0) is 6.42 Å². The molecule has 0 saturated heterocycles. The van der Waals surface area contributed by atoms with Crippen molar-refractivity contribution >= 4 is 0 Å². The van der Waals surface area contributed by atoms with E-state index in [4.69, 9.17) is 5.73 Å². The maximum atomic E-state index is 13.9. The molecule has 2 N–H and O–H groups in total. The number of nitrogens with two attached hydrogens (primary N) is 1. The van der Waals surface area contributed by atoms with E-state index in [1.807, 2.05) is 6.07 Å². The van der Waals surface area contributed by atoms with Crippen LogP contribution in [0, 0.1) is 11.2 Å². The second-order valence-corrected chi connectivity index (χ2v) is 6.70. The smallest absolute Gasteiger partial charge is 0.126 e. The van der Waals surface area contributed by atoms with Gasteiger partial charge in [-0.05, 0) is 55.0 Å². The van der Waals surface area contributed by atoms with Crippen molar-refractivity contribution in [1.29, 1.82) is 0 Å². The van der Waals surface area contributed by atoms with E-state index in [2.05, 4.69) is 31.7 Å². The summed E-state index contributed by atoms with van der Waals surface area (Å²) in [5, 5.41) is 0. The van der Waals surface area contributed by atoms with E-state index in [1.165, 1.54) is 5.56 Å². The molecule has 1 unspecified atom stereocenters. The SMILES string of the molecule is CCCN(CC(C)(C)CN)C1CCc2c(F)cccc21. The van der Waals surface area contributed by atoms with Crippen molar-refractivity contribution in [2.45, 2.75) is 46.1 Å². The van der Waals surface area contributed by atoms with Crippen LogP contribution < -0.4 is 5.73 Å². The van der Waals surface area contributed by atoms with Crippen LogP contribution in [0.4, 0.5) is 4.39 Å². The number of hydrogen-bond acceptors (Lipinski definition) is 2. The molecular weight excluding hydrogens is 251 g/mol. The van der Waals surface area contributed by atoms with Gasteiger partial charge in [-0.3, -0.25) is 4.90 Å². The Kier molecular flexibility index (Phi) is 4.82. The molecule has 1 atom stereocenters. The number of fused-ring (bicyclic) bond motifs is 1. The van der Waals surface area contributed by atoms with Crippen LogP contribution in [0.2, 0.25) is 0 Å². The Hall–Kier alpha value is -0.930. The molecule has 20 heavy (non-hydrogen) atoms. The first kappa shape index (κ1) is 15.5. The molecule has 112 valence electrons. The Bertz CT molecular complexity index is 456. The molecule has 0 spiro atoms. The summed E-state index contributed by atoms with van der Waals surface area (Å²) >= 11 is 0. The number of nitrogens with zero attached hydrogens (tertiary/aromatic N) is 1. The largest absolute Gasteiger partial charge is 0.330 e. The summed E-state index contributed by atoms with van der Waals surface area (Å²) in [4.78, 5) is 2.50. The standard InChI is InChI=1S/C17H27FN2/c1-4-10-20(12-17(2,3)11-19)16-9-8-13-14(16)6-5-7-15(13)18/h5-7,16H,4,8-12,19H2,1-3H3. The lowest BCUT2D eigenvalue weighted by molar-refractivity contribution is 0.131. The lowest BCUT2D eigenvalue weighted by Gasteiger charge is -2.36. The summed E-state index contributed by atoms with van der Waals surface area (Å²) in [5.41, 5.74) is 8.09. The number of benzene rings is 1. The van der Waals surface area contributed by atoms with Gasteiger partial charge in [-0.15, -0.1) is 0 Å². The summed E-state index contributed by atoms with van der Waals surface area (Å²) in [6, 6.07) is 5.86. The molecule has 0 radical (unpaired) electrons. The third-order valence-electron chi connectivity index (χ3n) is 4.32. The minimum Gasteiger partial charge on any atom is -0.330 e. The fourth-order valence-corrected chi connectivity index (χ4v) is 3.21. The van der Waals surface area contributed by atoms with Gasteiger partial charge >= 0.3 is 0 Å². The number of rotatable bonds is 6. The highest BCUT2D eigenvalue weighted by molar-refractivity contribution is 5.35. The zero-order valence-corrected chi connectivity index (χ0v) is 13.0. The molecule has 0 saturated carbocycles. The van der Waals surface area contributed by atoms with E-state index in [-0.39, 0.29) is 11.2 Å². The Morgan fingerprint density at radius 1 is 1.40 bits per heavy atom. The molecule has 1 aliphatic carbocycles. The topological polar surface area (TPSA) is 29.3 Å². The molecule has 1 aromatic carbocycles. The summed E-state index contributed by atoms with van der Waals surface area (Å²) in [7, 11) is 0. The predicted molar refractivity (Wildman–Crippen MR) is 82.2 cm³/mol. The van der Waals surface area contributed by atoms with Crippen LogP contribution in [-0.4, -0.2) is 24.5 Å². The molecule has 2 rings (SSSR count). The predicted octanol–water partition coefficient (Wildman–Crippen LogP) is 3.51. The van der Waals surface area contributed by atoms with E-state index >= 15 is 0 Å². The Balaban J connectivity index is 2.22. The average Bonchev–Trinajstić information content (AvgIpc) is 2.83. The molecule has 0 aromatic heterocycles. The third-order valence-corrected chi connectivity index (χ3v) is 4.32. The number of halogens is 1. The first-order chi connectivity index (χ1) is 9.48. The van der Waals surface area contributed by atoms with Gasteiger partial charge in [0.1, 0.15) is 5.82 Å². The van der Waals surface area contributed by atoms with Gasteiger partial charge in [-0.1, -0.05) is 32.9 Å². The van der Waals surface area contributed by atoms with E-state index in [1.54, 1.807) is 6.07 Å². The number of hydrogen-bond donors (Lipinski definition) is 1. The molecule has 0 bridgehead atoms. The van der Waals surface area contributed by atoms with Crippen LogP contribution in [0.15, 0.2) is 18.2 Å². The third kappa shape index (κ3) is 3.21. The zero-order chi connectivity index (χ0) is 14.8. The van der Waals surface area contributed by atoms with E-state index < -0.39 is 0 Å². The summed E-state index contributed by atoms with van der Waals surface area (Å²) < 4.78 is 13.9. The van der Waals surface area contributed by atoms with Crippen LogP contribution in [0.5, 0.6) is 0 Å². The fourth-order valence-electron chi connectivity index (χ4n) is 3.21. The quantitative estimate of drug-likeness (QED) is 0.863. The van der Waals surface area contributed by atoms with E-state index in [0.29, 0.717) is 12.6 Å². The van der Waals surface area contributed by atoms with Crippen molar-refractivity contribution in [3.63, 3.8) is 0 Å². The van der Waals surface area contributed by atoms with E-state index in [9.17, 15) is 4.39 Å². The van der Waals surface area contributed by atoms with Gasteiger partial charge in [-0.2, -0.15) is 0 Å². The molecule has 0 aliphatic heterocycles. The molecular formula is C17H27FN2. The van der Waals surface area contributed by atoms with Gasteiger partial charge in [-0.25, -0.2) is 4.39 Å². The first-order valence-corrected chi connectivity index (χ1v) is 7.70. The second-order valence-electron chi connectivity index (χ2n) is 6.70. The summed E-state index contributed by atoms with van der Waals surface area (Å²) in [6.45, 7) is 9.30. The van der Waals surface area contributed by atoms with Crippen molar-refractivity contribution in [3.05, 3.63) is 35.1 Å². The Labute approximate surface area is 122 Å². The monoisotopic (exact) mass is 278 g/mol. The van der Waals surface area contributed by atoms with Gasteiger partial charge in [0, 0.05) is 12.6 Å². The normalized spacial score (nSPS) is 18.6. The molecule has 1 aromatic rings. The van der Waals surface area contributed by atoms with Crippen molar-refractivity contribution < 1.29 is 4.39 Å². The van der Waals surface area contributed by atoms with Gasteiger partial charge in [0.2, 0.25) is 0 Å². The van der Waals surface area contributed by atoms with Gasteiger partial charge in [0.05, 0.1) is 0 Å². The van der Waals surface area contributed by atoms with Crippen molar-refractivity contribution in [2.75, 3.05) is 19.6 Å². The minimum absolute atomic E-state index is 0.0421. The van der Waals surface area contributed by atoms with Crippen molar-refractivity contribution in [3.8, 4) is 0 Å². The molecule has 0 amide bonds. The summed E-state index contributed by atoms with van der Waals surface area (Å²) in [5.74, 6) is -0.0421. The van der Waals surface area contributed by atoms with Gasteiger partial charge < -0.3 is 5.73 Å².